The van der Waals surface area contributed by atoms with Gasteiger partial charge in [-0.1, -0.05) is 34.6 Å². The van der Waals surface area contributed by atoms with E-state index in [0.29, 0.717) is 11.5 Å². The van der Waals surface area contributed by atoms with Crippen LogP contribution in [0.3, 0.4) is 0 Å². The van der Waals surface area contributed by atoms with E-state index in [4.69, 9.17) is 0 Å². The zero-order valence-electron chi connectivity index (χ0n) is 12.1. The molecule has 1 saturated heterocycles. The van der Waals surface area contributed by atoms with E-state index in [1.54, 1.807) is 0 Å². The highest BCUT2D eigenvalue weighted by Gasteiger charge is 2.30. The highest BCUT2D eigenvalue weighted by molar-refractivity contribution is 8.07. The molecule has 1 N–H and O–H groups in total. The number of hydrogen-bond donors (Lipinski definition) is 1. The van der Waals surface area contributed by atoms with Crippen molar-refractivity contribution in [2.75, 3.05) is 18.1 Å². The summed E-state index contributed by atoms with van der Waals surface area (Å²) < 4.78 is 0. The molecule has 3 atom stereocenters. The molecule has 0 aromatic rings. The zero-order valence-corrected chi connectivity index (χ0v) is 13.7. The number of rotatable bonds is 5. The van der Waals surface area contributed by atoms with Gasteiger partial charge in [0.1, 0.15) is 0 Å². The van der Waals surface area contributed by atoms with Gasteiger partial charge in [0.15, 0.2) is 0 Å². The second-order valence-electron chi connectivity index (χ2n) is 6.17. The first-order chi connectivity index (χ1) is 7.94. The molecule has 1 aliphatic heterocycles. The Labute approximate surface area is 116 Å². The molecule has 1 nitrogen and oxygen atoms in total. The van der Waals surface area contributed by atoms with Crippen LogP contribution in [0.5, 0.6) is 0 Å². The minimum atomic E-state index is 0.462. The molecular weight excluding hydrogens is 246 g/mol. The summed E-state index contributed by atoms with van der Waals surface area (Å²) in [6, 6.07) is 0.701. The van der Waals surface area contributed by atoms with Crippen molar-refractivity contribution in [1.29, 1.82) is 0 Å². The van der Waals surface area contributed by atoms with Crippen molar-refractivity contribution in [2.24, 2.45) is 5.41 Å². The molecule has 17 heavy (non-hydrogen) atoms. The Morgan fingerprint density at radius 2 is 1.88 bits per heavy atom. The Morgan fingerprint density at radius 3 is 2.41 bits per heavy atom. The summed E-state index contributed by atoms with van der Waals surface area (Å²) in [5, 5.41) is 5.33. The monoisotopic (exact) mass is 275 g/mol. The highest BCUT2D eigenvalue weighted by atomic mass is 32.2. The van der Waals surface area contributed by atoms with Crippen molar-refractivity contribution in [1.82, 2.24) is 5.32 Å². The molecule has 1 heterocycles. The van der Waals surface area contributed by atoms with Crippen molar-refractivity contribution >= 4 is 23.5 Å². The van der Waals surface area contributed by atoms with Crippen LogP contribution in [0.4, 0.5) is 0 Å². The molecule has 0 radical (unpaired) electrons. The van der Waals surface area contributed by atoms with E-state index in [2.05, 4.69) is 63.5 Å². The molecule has 3 unspecified atom stereocenters. The van der Waals surface area contributed by atoms with Gasteiger partial charge in [0.25, 0.3) is 0 Å². The third-order valence-corrected chi connectivity index (χ3v) is 6.56. The quantitative estimate of drug-likeness (QED) is 0.813. The Hall–Kier alpha value is 0.660. The Morgan fingerprint density at radius 1 is 1.24 bits per heavy atom. The minimum Gasteiger partial charge on any atom is -0.313 e. The molecule has 0 saturated carbocycles. The van der Waals surface area contributed by atoms with E-state index in [9.17, 15) is 0 Å². The standard InChI is InChI=1S/C14H29NS2/c1-6-15-12(7-8-14(3,4)5)13-11(2)16-9-10-17-13/h11-13,15H,6-10H2,1-5H3. The van der Waals surface area contributed by atoms with Crippen LogP contribution in [-0.2, 0) is 0 Å². The summed E-state index contributed by atoms with van der Waals surface area (Å²) in [5.74, 6) is 2.66. The second-order valence-corrected chi connectivity index (χ2v) is 8.95. The van der Waals surface area contributed by atoms with E-state index in [1.165, 1.54) is 24.3 Å². The van der Waals surface area contributed by atoms with E-state index >= 15 is 0 Å². The predicted octanol–water partition coefficient (Wildman–Crippen LogP) is 4.03. The number of thioether (sulfide) groups is 2. The Balaban J connectivity index is 2.51. The van der Waals surface area contributed by atoms with Crippen LogP contribution >= 0.6 is 23.5 Å². The first-order valence-corrected chi connectivity index (χ1v) is 9.00. The molecule has 3 heteroatoms. The fourth-order valence-electron chi connectivity index (χ4n) is 2.33. The largest absolute Gasteiger partial charge is 0.313 e. The molecule has 1 aliphatic rings. The van der Waals surface area contributed by atoms with E-state index < -0.39 is 0 Å². The summed E-state index contributed by atoms with van der Waals surface area (Å²) in [6.45, 7) is 12.8. The highest BCUT2D eigenvalue weighted by Crippen LogP contribution is 2.35. The van der Waals surface area contributed by atoms with Crippen LogP contribution in [-0.4, -0.2) is 34.6 Å². The second kappa shape index (κ2) is 7.30. The fourth-order valence-corrected chi connectivity index (χ4v) is 5.33. The Kier molecular flexibility index (Phi) is 6.75. The van der Waals surface area contributed by atoms with Gasteiger partial charge in [-0.15, -0.1) is 0 Å². The molecule has 0 aliphatic carbocycles. The average Bonchev–Trinajstić information content (AvgIpc) is 2.24. The number of nitrogens with one attached hydrogen (secondary N) is 1. The maximum atomic E-state index is 3.72. The van der Waals surface area contributed by atoms with Gasteiger partial charge in [-0.05, 0) is 24.8 Å². The van der Waals surface area contributed by atoms with Gasteiger partial charge >= 0.3 is 0 Å². The van der Waals surface area contributed by atoms with Crippen LogP contribution in [0.25, 0.3) is 0 Å². The van der Waals surface area contributed by atoms with E-state index in [0.717, 1.165) is 17.0 Å². The van der Waals surface area contributed by atoms with Gasteiger partial charge in [0.2, 0.25) is 0 Å². The molecule has 102 valence electrons. The van der Waals surface area contributed by atoms with Gasteiger partial charge in [-0.3, -0.25) is 0 Å². The third kappa shape index (κ3) is 5.89. The van der Waals surface area contributed by atoms with Gasteiger partial charge in [-0.25, -0.2) is 0 Å². The van der Waals surface area contributed by atoms with Crippen molar-refractivity contribution in [3.05, 3.63) is 0 Å². The maximum Gasteiger partial charge on any atom is 0.0317 e. The van der Waals surface area contributed by atoms with Gasteiger partial charge in [0, 0.05) is 28.0 Å². The van der Waals surface area contributed by atoms with Crippen molar-refractivity contribution < 1.29 is 0 Å². The fraction of sp³-hybridized carbons (Fsp3) is 1.00. The third-order valence-electron chi connectivity index (χ3n) is 3.31. The first kappa shape index (κ1) is 15.7. The van der Waals surface area contributed by atoms with E-state index in [-0.39, 0.29) is 0 Å². The summed E-state index contributed by atoms with van der Waals surface area (Å²) in [4.78, 5) is 0. The van der Waals surface area contributed by atoms with Gasteiger partial charge in [0.05, 0.1) is 0 Å². The van der Waals surface area contributed by atoms with Crippen LogP contribution < -0.4 is 5.32 Å². The maximum absolute atomic E-state index is 3.72. The minimum absolute atomic E-state index is 0.462. The SMILES string of the molecule is CCNC(CCC(C)(C)C)C1SCCSC1C. The van der Waals surface area contributed by atoms with Crippen molar-refractivity contribution in [2.45, 2.75) is 64.0 Å². The lowest BCUT2D eigenvalue weighted by atomic mass is 9.87. The lowest BCUT2D eigenvalue weighted by Crippen LogP contribution is -2.44. The molecule has 0 aromatic carbocycles. The molecular formula is C14H29NS2. The molecule has 0 amide bonds. The zero-order chi connectivity index (χ0) is 12.9. The van der Waals surface area contributed by atoms with Gasteiger partial charge < -0.3 is 5.32 Å². The number of hydrogen-bond acceptors (Lipinski definition) is 3. The predicted molar refractivity (Wildman–Crippen MR) is 84.3 cm³/mol. The Bertz CT molecular complexity index is 213. The van der Waals surface area contributed by atoms with Crippen LogP contribution in [0.2, 0.25) is 0 Å². The van der Waals surface area contributed by atoms with Crippen molar-refractivity contribution in [3.63, 3.8) is 0 Å². The summed E-state index contributed by atoms with van der Waals surface area (Å²) >= 11 is 4.34. The average molecular weight is 276 g/mol. The molecule has 1 rings (SSSR count). The molecule has 0 aromatic heterocycles. The molecule has 0 bridgehead atoms. The topological polar surface area (TPSA) is 12.0 Å². The first-order valence-electron chi connectivity index (χ1n) is 6.90. The molecule has 0 spiro atoms. The lowest BCUT2D eigenvalue weighted by Gasteiger charge is -2.36. The lowest BCUT2D eigenvalue weighted by molar-refractivity contribution is 0.327. The summed E-state index contributed by atoms with van der Waals surface area (Å²) in [6.07, 6.45) is 2.64. The smallest absolute Gasteiger partial charge is 0.0317 e. The van der Waals surface area contributed by atoms with Crippen LogP contribution in [0.15, 0.2) is 0 Å². The van der Waals surface area contributed by atoms with Crippen molar-refractivity contribution in [3.8, 4) is 0 Å². The normalized spacial score (nSPS) is 28.1. The summed E-state index contributed by atoms with van der Waals surface area (Å²) in [7, 11) is 0. The van der Waals surface area contributed by atoms with Crippen LogP contribution in [0.1, 0.15) is 47.5 Å². The van der Waals surface area contributed by atoms with Crippen LogP contribution in [0, 0.1) is 5.41 Å². The van der Waals surface area contributed by atoms with Gasteiger partial charge in [-0.2, -0.15) is 23.5 Å². The summed E-state index contributed by atoms with van der Waals surface area (Å²) in [5.41, 5.74) is 0.462. The van der Waals surface area contributed by atoms with E-state index in [1.807, 2.05) is 0 Å². The molecule has 1 fully saturated rings.